The van der Waals surface area contributed by atoms with Crippen molar-refractivity contribution in [2.24, 2.45) is 0 Å². The fraction of sp³-hybridized carbons (Fsp3) is 0.750. The molecule has 1 nitrogen and oxygen atoms in total. The van der Waals surface area contributed by atoms with E-state index in [2.05, 4.69) is 22.5 Å². The second kappa shape index (κ2) is 3.83. The molecule has 0 N–H and O–H groups in total. The molecular formula is C8H12BrF2N. The van der Waals surface area contributed by atoms with E-state index in [9.17, 15) is 8.78 Å². The Kier molecular flexibility index (Phi) is 3.23. The lowest BCUT2D eigenvalue weighted by Crippen LogP contribution is -2.42. The van der Waals surface area contributed by atoms with E-state index < -0.39 is 5.92 Å². The van der Waals surface area contributed by atoms with Crippen LogP contribution in [0.2, 0.25) is 0 Å². The summed E-state index contributed by atoms with van der Waals surface area (Å²) in [5, 5.41) is 0. The number of hydrogen-bond acceptors (Lipinski definition) is 1. The highest BCUT2D eigenvalue weighted by atomic mass is 79.9. The lowest BCUT2D eigenvalue weighted by atomic mass is 10.1. The fourth-order valence-corrected chi connectivity index (χ4v) is 1.78. The van der Waals surface area contributed by atoms with E-state index in [4.69, 9.17) is 0 Å². The van der Waals surface area contributed by atoms with Gasteiger partial charge in [-0.1, -0.05) is 22.5 Å². The Morgan fingerprint density at radius 2 is 2.25 bits per heavy atom. The van der Waals surface area contributed by atoms with Gasteiger partial charge in [0, 0.05) is 17.4 Å². The topological polar surface area (TPSA) is 3.24 Å². The molecule has 0 aliphatic carbocycles. The molecule has 12 heavy (non-hydrogen) atoms. The Labute approximate surface area is 79.6 Å². The standard InChI is InChI=1S/C8H12BrF2N/c1-7(9)5-12-4-2-3-8(10,11)6-12/h1-6H2. The van der Waals surface area contributed by atoms with Gasteiger partial charge >= 0.3 is 0 Å². The maximum absolute atomic E-state index is 12.8. The van der Waals surface area contributed by atoms with Crippen LogP contribution in [-0.2, 0) is 0 Å². The van der Waals surface area contributed by atoms with Gasteiger partial charge in [-0.2, -0.15) is 0 Å². The third-order valence-corrected chi connectivity index (χ3v) is 2.12. The van der Waals surface area contributed by atoms with E-state index in [-0.39, 0.29) is 13.0 Å². The molecule has 0 unspecified atom stereocenters. The van der Waals surface area contributed by atoms with Gasteiger partial charge in [-0.3, -0.25) is 4.90 Å². The van der Waals surface area contributed by atoms with Crippen molar-refractivity contribution in [1.29, 1.82) is 0 Å². The lowest BCUT2D eigenvalue weighted by Gasteiger charge is -2.32. The van der Waals surface area contributed by atoms with Crippen molar-refractivity contribution < 1.29 is 8.78 Å². The summed E-state index contributed by atoms with van der Waals surface area (Å²) in [6.45, 7) is 4.77. The van der Waals surface area contributed by atoms with Crippen LogP contribution in [0.25, 0.3) is 0 Å². The smallest absolute Gasteiger partial charge is 0.260 e. The van der Waals surface area contributed by atoms with Crippen LogP contribution >= 0.6 is 15.9 Å². The molecule has 0 spiro atoms. The summed E-state index contributed by atoms with van der Waals surface area (Å²) in [7, 11) is 0. The first-order valence-electron chi connectivity index (χ1n) is 3.93. The van der Waals surface area contributed by atoms with Gasteiger partial charge in [-0.05, 0) is 13.0 Å². The van der Waals surface area contributed by atoms with Crippen LogP contribution in [0.3, 0.4) is 0 Å². The van der Waals surface area contributed by atoms with Crippen LogP contribution in [0.4, 0.5) is 8.78 Å². The zero-order valence-electron chi connectivity index (χ0n) is 6.82. The molecule has 0 aromatic heterocycles. The molecule has 0 saturated carbocycles. The van der Waals surface area contributed by atoms with Crippen LogP contribution in [0, 0.1) is 0 Å². The number of halogens is 3. The molecule has 0 aromatic rings. The van der Waals surface area contributed by atoms with Gasteiger partial charge in [-0.15, -0.1) is 0 Å². The molecule has 0 amide bonds. The third-order valence-electron chi connectivity index (χ3n) is 1.87. The minimum Gasteiger partial charge on any atom is -0.293 e. The van der Waals surface area contributed by atoms with Gasteiger partial charge in [0.2, 0.25) is 0 Å². The number of hydrogen-bond donors (Lipinski definition) is 0. The zero-order valence-corrected chi connectivity index (χ0v) is 8.41. The Bertz CT molecular complexity index is 182. The summed E-state index contributed by atoms with van der Waals surface area (Å²) in [5.41, 5.74) is 0. The minimum absolute atomic E-state index is 0.0261. The number of alkyl halides is 2. The van der Waals surface area contributed by atoms with E-state index in [1.54, 1.807) is 4.90 Å². The fourth-order valence-electron chi connectivity index (χ4n) is 1.42. The third kappa shape index (κ3) is 3.19. The van der Waals surface area contributed by atoms with Crippen molar-refractivity contribution >= 4 is 15.9 Å². The number of piperidine rings is 1. The average molecular weight is 240 g/mol. The predicted molar refractivity (Wildman–Crippen MR) is 48.7 cm³/mol. The molecule has 0 atom stereocenters. The van der Waals surface area contributed by atoms with Gasteiger partial charge in [-0.25, -0.2) is 8.78 Å². The van der Waals surface area contributed by atoms with Crippen molar-refractivity contribution in [3.05, 3.63) is 11.1 Å². The van der Waals surface area contributed by atoms with Crippen LogP contribution in [0.5, 0.6) is 0 Å². The Morgan fingerprint density at radius 3 is 2.75 bits per heavy atom. The summed E-state index contributed by atoms with van der Waals surface area (Å²) in [5.74, 6) is -2.50. The van der Waals surface area contributed by atoms with Crippen molar-refractivity contribution in [3.8, 4) is 0 Å². The van der Waals surface area contributed by atoms with Gasteiger partial charge < -0.3 is 0 Å². The Morgan fingerprint density at radius 1 is 1.58 bits per heavy atom. The molecule has 1 aliphatic heterocycles. The highest BCUT2D eigenvalue weighted by Gasteiger charge is 2.34. The van der Waals surface area contributed by atoms with Crippen molar-refractivity contribution in [1.82, 2.24) is 4.90 Å². The highest BCUT2D eigenvalue weighted by molar-refractivity contribution is 9.11. The first-order valence-corrected chi connectivity index (χ1v) is 4.72. The monoisotopic (exact) mass is 239 g/mol. The lowest BCUT2D eigenvalue weighted by molar-refractivity contribution is -0.0610. The molecule has 1 aliphatic rings. The van der Waals surface area contributed by atoms with Crippen molar-refractivity contribution in [3.63, 3.8) is 0 Å². The number of nitrogens with zero attached hydrogens (tertiary/aromatic N) is 1. The summed E-state index contributed by atoms with van der Waals surface area (Å²) in [6.07, 6.45) is 0.603. The molecule has 0 aromatic carbocycles. The van der Waals surface area contributed by atoms with Gasteiger partial charge in [0.15, 0.2) is 0 Å². The Hall–Kier alpha value is 0.0400. The summed E-state index contributed by atoms with van der Waals surface area (Å²) in [4.78, 5) is 1.72. The molecule has 1 fully saturated rings. The van der Waals surface area contributed by atoms with E-state index in [1.165, 1.54) is 0 Å². The summed E-state index contributed by atoms with van der Waals surface area (Å²) < 4.78 is 26.4. The van der Waals surface area contributed by atoms with E-state index in [0.29, 0.717) is 13.0 Å². The molecule has 4 heteroatoms. The zero-order chi connectivity index (χ0) is 9.19. The largest absolute Gasteiger partial charge is 0.293 e. The van der Waals surface area contributed by atoms with E-state index in [0.717, 1.165) is 11.0 Å². The second-order valence-electron chi connectivity index (χ2n) is 3.19. The first-order chi connectivity index (χ1) is 5.49. The molecule has 1 rings (SSSR count). The molecule has 0 radical (unpaired) electrons. The van der Waals surface area contributed by atoms with Crippen LogP contribution < -0.4 is 0 Å². The van der Waals surface area contributed by atoms with Crippen molar-refractivity contribution in [2.45, 2.75) is 18.8 Å². The number of likely N-dealkylation sites (tertiary alicyclic amines) is 1. The second-order valence-corrected chi connectivity index (χ2v) is 4.31. The Balaban J connectivity index is 2.41. The van der Waals surface area contributed by atoms with E-state index in [1.807, 2.05) is 0 Å². The molecule has 1 saturated heterocycles. The maximum Gasteiger partial charge on any atom is 0.260 e. The SMILES string of the molecule is C=C(Br)CN1CCCC(F)(F)C1. The quantitative estimate of drug-likeness (QED) is 0.717. The summed E-state index contributed by atoms with van der Waals surface area (Å²) >= 11 is 3.17. The molecule has 0 bridgehead atoms. The van der Waals surface area contributed by atoms with E-state index >= 15 is 0 Å². The minimum atomic E-state index is -2.50. The first kappa shape index (κ1) is 10.1. The number of rotatable bonds is 2. The van der Waals surface area contributed by atoms with Gasteiger partial charge in [0.05, 0.1) is 6.54 Å². The van der Waals surface area contributed by atoms with Crippen LogP contribution in [-0.4, -0.2) is 30.5 Å². The van der Waals surface area contributed by atoms with Crippen molar-refractivity contribution in [2.75, 3.05) is 19.6 Å². The average Bonchev–Trinajstić information content (AvgIpc) is 1.82. The van der Waals surface area contributed by atoms with Gasteiger partial charge in [0.25, 0.3) is 5.92 Å². The maximum atomic E-state index is 12.8. The predicted octanol–water partition coefficient (Wildman–Crippen LogP) is 2.63. The summed E-state index contributed by atoms with van der Waals surface area (Å²) in [6, 6.07) is 0. The van der Waals surface area contributed by atoms with Crippen LogP contribution in [0.15, 0.2) is 11.1 Å². The van der Waals surface area contributed by atoms with Gasteiger partial charge in [0.1, 0.15) is 0 Å². The molecule has 70 valence electrons. The molecular weight excluding hydrogens is 228 g/mol. The normalized spacial score (nSPS) is 23.9. The molecule has 1 heterocycles. The van der Waals surface area contributed by atoms with Crippen LogP contribution in [0.1, 0.15) is 12.8 Å². The highest BCUT2D eigenvalue weighted by Crippen LogP contribution is 2.26.